The fourth-order valence-electron chi connectivity index (χ4n) is 2.70. The number of hydrogen-bond acceptors (Lipinski definition) is 2. The van der Waals surface area contributed by atoms with Crippen molar-refractivity contribution >= 4 is 6.03 Å². The molecule has 1 heterocycles. The lowest BCUT2D eigenvalue weighted by atomic mass is 10.0. The number of rotatable bonds is 5. The van der Waals surface area contributed by atoms with Crippen molar-refractivity contribution < 1.29 is 9.53 Å². The molecular weight excluding hydrogens is 276 g/mol. The minimum atomic E-state index is 0.0326. The number of amides is 2. The van der Waals surface area contributed by atoms with Gasteiger partial charge >= 0.3 is 6.03 Å². The Kier molecular flexibility index (Phi) is 6.10. The zero-order valence-corrected chi connectivity index (χ0v) is 14.0. The van der Waals surface area contributed by atoms with E-state index >= 15 is 0 Å². The van der Waals surface area contributed by atoms with Crippen molar-refractivity contribution in [3.05, 3.63) is 29.8 Å². The average molecular weight is 304 g/mol. The quantitative estimate of drug-likeness (QED) is 0.902. The highest BCUT2D eigenvalue weighted by molar-refractivity contribution is 5.74. The SMILES string of the molecule is CC(C)COc1ccccc1CNC(=O)N1CCCC(C)C1. The van der Waals surface area contributed by atoms with Gasteiger partial charge in [0.1, 0.15) is 5.75 Å². The van der Waals surface area contributed by atoms with Gasteiger partial charge in [0.2, 0.25) is 0 Å². The van der Waals surface area contributed by atoms with Crippen molar-refractivity contribution in [3.63, 3.8) is 0 Å². The van der Waals surface area contributed by atoms with Crippen LogP contribution in [-0.2, 0) is 6.54 Å². The van der Waals surface area contributed by atoms with Crippen LogP contribution in [0.25, 0.3) is 0 Å². The van der Waals surface area contributed by atoms with Crippen molar-refractivity contribution in [2.75, 3.05) is 19.7 Å². The third kappa shape index (κ3) is 4.93. The number of para-hydroxylation sites is 1. The molecule has 4 nitrogen and oxygen atoms in total. The van der Waals surface area contributed by atoms with Crippen molar-refractivity contribution in [2.45, 2.75) is 40.2 Å². The summed E-state index contributed by atoms with van der Waals surface area (Å²) in [6.45, 7) is 9.38. The highest BCUT2D eigenvalue weighted by atomic mass is 16.5. The van der Waals surface area contributed by atoms with Gasteiger partial charge in [0.05, 0.1) is 6.61 Å². The van der Waals surface area contributed by atoms with E-state index in [9.17, 15) is 4.79 Å². The van der Waals surface area contributed by atoms with E-state index in [2.05, 4.69) is 26.1 Å². The second kappa shape index (κ2) is 8.06. The van der Waals surface area contributed by atoms with Gasteiger partial charge in [-0.25, -0.2) is 4.79 Å². The highest BCUT2D eigenvalue weighted by Crippen LogP contribution is 2.19. The Bertz CT molecular complexity index is 488. The number of nitrogens with zero attached hydrogens (tertiary/aromatic N) is 1. The fourth-order valence-corrected chi connectivity index (χ4v) is 2.70. The summed E-state index contributed by atoms with van der Waals surface area (Å²) in [7, 11) is 0. The van der Waals surface area contributed by atoms with Crippen LogP contribution in [0.1, 0.15) is 39.2 Å². The van der Waals surface area contributed by atoms with Gasteiger partial charge in [0.15, 0.2) is 0 Å². The van der Waals surface area contributed by atoms with Crippen molar-refractivity contribution in [1.82, 2.24) is 10.2 Å². The van der Waals surface area contributed by atoms with E-state index in [1.807, 2.05) is 29.2 Å². The fraction of sp³-hybridized carbons (Fsp3) is 0.611. The van der Waals surface area contributed by atoms with Crippen LogP contribution < -0.4 is 10.1 Å². The van der Waals surface area contributed by atoms with E-state index in [4.69, 9.17) is 4.74 Å². The van der Waals surface area contributed by atoms with Gasteiger partial charge in [-0.1, -0.05) is 39.0 Å². The number of carbonyl (C=O) groups is 1. The van der Waals surface area contributed by atoms with Crippen LogP contribution in [0.3, 0.4) is 0 Å². The number of piperidine rings is 1. The van der Waals surface area contributed by atoms with Crippen LogP contribution in [0, 0.1) is 11.8 Å². The molecule has 0 aliphatic carbocycles. The molecule has 0 spiro atoms. The first-order valence-corrected chi connectivity index (χ1v) is 8.29. The van der Waals surface area contributed by atoms with Gasteiger partial charge in [0, 0.05) is 25.2 Å². The molecule has 0 radical (unpaired) electrons. The molecule has 2 rings (SSSR count). The molecule has 1 N–H and O–H groups in total. The van der Waals surface area contributed by atoms with E-state index in [1.54, 1.807) is 0 Å². The van der Waals surface area contributed by atoms with E-state index in [1.165, 1.54) is 6.42 Å². The zero-order chi connectivity index (χ0) is 15.9. The van der Waals surface area contributed by atoms with Gasteiger partial charge < -0.3 is 15.0 Å². The number of benzene rings is 1. The minimum absolute atomic E-state index is 0.0326. The smallest absolute Gasteiger partial charge is 0.317 e. The third-order valence-corrected chi connectivity index (χ3v) is 3.92. The Labute approximate surface area is 133 Å². The Morgan fingerprint density at radius 2 is 2.18 bits per heavy atom. The zero-order valence-electron chi connectivity index (χ0n) is 14.0. The monoisotopic (exact) mass is 304 g/mol. The molecule has 4 heteroatoms. The van der Waals surface area contributed by atoms with Gasteiger partial charge in [-0.3, -0.25) is 0 Å². The van der Waals surface area contributed by atoms with Crippen LogP contribution in [-0.4, -0.2) is 30.6 Å². The summed E-state index contributed by atoms with van der Waals surface area (Å²) in [4.78, 5) is 14.2. The largest absolute Gasteiger partial charge is 0.493 e. The van der Waals surface area contributed by atoms with E-state index in [-0.39, 0.29) is 6.03 Å². The topological polar surface area (TPSA) is 41.6 Å². The van der Waals surface area contributed by atoms with E-state index in [0.29, 0.717) is 25.0 Å². The first kappa shape index (κ1) is 16.7. The van der Waals surface area contributed by atoms with Crippen molar-refractivity contribution in [2.24, 2.45) is 11.8 Å². The molecule has 1 aromatic carbocycles. The molecular formula is C18H28N2O2. The number of hydrogen-bond donors (Lipinski definition) is 1. The molecule has 1 fully saturated rings. The lowest BCUT2D eigenvalue weighted by Gasteiger charge is -2.31. The molecule has 0 aromatic heterocycles. The molecule has 1 atom stereocenters. The molecule has 2 amide bonds. The maximum Gasteiger partial charge on any atom is 0.317 e. The first-order valence-electron chi connectivity index (χ1n) is 8.29. The van der Waals surface area contributed by atoms with Crippen molar-refractivity contribution in [3.8, 4) is 5.75 Å². The maximum atomic E-state index is 12.3. The molecule has 0 bridgehead atoms. The summed E-state index contributed by atoms with van der Waals surface area (Å²) >= 11 is 0. The Balaban J connectivity index is 1.89. The van der Waals surface area contributed by atoms with Gasteiger partial charge in [-0.2, -0.15) is 0 Å². The third-order valence-electron chi connectivity index (χ3n) is 3.92. The lowest BCUT2D eigenvalue weighted by molar-refractivity contribution is 0.169. The maximum absolute atomic E-state index is 12.3. The first-order chi connectivity index (χ1) is 10.6. The van der Waals surface area contributed by atoms with E-state index < -0.39 is 0 Å². The summed E-state index contributed by atoms with van der Waals surface area (Å²) in [6.07, 6.45) is 2.32. The van der Waals surface area contributed by atoms with Crippen molar-refractivity contribution in [1.29, 1.82) is 0 Å². The summed E-state index contributed by atoms with van der Waals surface area (Å²) < 4.78 is 5.83. The second-order valence-electron chi connectivity index (χ2n) is 6.66. The molecule has 1 aromatic rings. The number of nitrogens with one attached hydrogen (secondary N) is 1. The predicted octanol–water partition coefficient (Wildman–Crippen LogP) is 3.66. The van der Waals surface area contributed by atoms with Crippen LogP contribution in [0.2, 0.25) is 0 Å². The molecule has 1 aliphatic rings. The van der Waals surface area contributed by atoms with Crippen LogP contribution in [0.4, 0.5) is 4.79 Å². The van der Waals surface area contributed by atoms with Gasteiger partial charge in [-0.15, -0.1) is 0 Å². The number of carbonyl (C=O) groups excluding carboxylic acids is 1. The predicted molar refractivity (Wildman–Crippen MR) is 89.0 cm³/mol. The average Bonchev–Trinajstić information content (AvgIpc) is 2.51. The number of likely N-dealkylation sites (tertiary alicyclic amines) is 1. The molecule has 1 aliphatic heterocycles. The van der Waals surface area contributed by atoms with Gasteiger partial charge in [0.25, 0.3) is 0 Å². The number of ether oxygens (including phenoxy) is 1. The summed E-state index contributed by atoms with van der Waals surface area (Å²) in [6, 6.07) is 7.95. The Morgan fingerprint density at radius 1 is 1.41 bits per heavy atom. The Hall–Kier alpha value is -1.71. The standard InChI is InChI=1S/C18H28N2O2/c1-14(2)13-22-17-9-5-4-8-16(17)11-19-18(21)20-10-6-7-15(3)12-20/h4-5,8-9,14-15H,6-7,10-13H2,1-3H3,(H,19,21). The summed E-state index contributed by atoms with van der Waals surface area (Å²) in [5.74, 6) is 1.95. The van der Waals surface area contributed by atoms with Gasteiger partial charge in [-0.05, 0) is 30.7 Å². The van der Waals surface area contributed by atoms with E-state index in [0.717, 1.165) is 30.8 Å². The minimum Gasteiger partial charge on any atom is -0.493 e. The molecule has 122 valence electrons. The lowest BCUT2D eigenvalue weighted by Crippen LogP contribution is -2.44. The van der Waals surface area contributed by atoms with Crippen LogP contribution in [0.15, 0.2) is 24.3 Å². The highest BCUT2D eigenvalue weighted by Gasteiger charge is 2.20. The molecule has 1 saturated heterocycles. The Morgan fingerprint density at radius 3 is 2.91 bits per heavy atom. The van der Waals surface area contributed by atoms with Crippen LogP contribution >= 0.6 is 0 Å². The van der Waals surface area contributed by atoms with Crippen LogP contribution in [0.5, 0.6) is 5.75 Å². The second-order valence-corrected chi connectivity index (χ2v) is 6.66. The normalized spacial score (nSPS) is 18.4. The summed E-state index contributed by atoms with van der Waals surface area (Å²) in [5.41, 5.74) is 1.03. The summed E-state index contributed by atoms with van der Waals surface area (Å²) in [5, 5.41) is 3.02. The number of urea groups is 1. The molecule has 22 heavy (non-hydrogen) atoms. The molecule has 1 unspecified atom stereocenters. The molecule has 0 saturated carbocycles.